The second-order valence-corrected chi connectivity index (χ2v) is 10.2. The lowest BCUT2D eigenvalue weighted by Gasteiger charge is -2.11. The van der Waals surface area contributed by atoms with Gasteiger partial charge in [0.2, 0.25) is 0 Å². The van der Waals surface area contributed by atoms with Gasteiger partial charge in [0.1, 0.15) is 0 Å². The molecule has 0 aliphatic carbocycles. The molecule has 2 aliphatic heterocycles. The quantitative estimate of drug-likeness (QED) is 0.777. The molecule has 1 amide bonds. The van der Waals surface area contributed by atoms with E-state index >= 15 is 0 Å². The molecule has 0 unspecified atom stereocenters. The van der Waals surface area contributed by atoms with Crippen LogP contribution in [0, 0.1) is 13.8 Å². The average molecular weight is 417 g/mol. The van der Waals surface area contributed by atoms with Crippen LogP contribution >= 0.6 is 11.8 Å². The van der Waals surface area contributed by atoms with Crippen LogP contribution in [0.1, 0.15) is 29.4 Å². The summed E-state index contributed by atoms with van der Waals surface area (Å²) in [5.74, 6) is 0.118. The fourth-order valence-electron chi connectivity index (χ4n) is 3.44. The molecule has 2 fully saturated rings. The lowest BCUT2D eigenvalue weighted by atomic mass is 10.1. The van der Waals surface area contributed by atoms with Crippen molar-refractivity contribution in [3.63, 3.8) is 0 Å². The summed E-state index contributed by atoms with van der Waals surface area (Å²) in [4.78, 5) is 17.4. The molecule has 0 spiro atoms. The van der Waals surface area contributed by atoms with Crippen LogP contribution in [0.4, 0.5) is 5.69 Å². The van der Waals surface area contributed by atoms with Crippen LogP contribution in [0.3, 0.4) is 0 Å². The number of aromatic nitrogens is 2. The molecule has 1 N–H and O–H groups in total. The number of aryl methyl sites for hydroxylation is 1. The number of carbonyl (C=O) groups excluding carboxylic acids is 1. The highest BCUT2D eigenvalue weighted by molar-refractivity contribution is 8.18. The molecule has 4 rings (SSSR count). The van der Waals surface area contributed by atoms with Gasteiger partial charge in [0, 0.05) is 11.3 Å². The molecule has 28 heavy (non-hydrogen) atoms. The highest BCUT2D eigenvalue weighted by atomic mass is 32.2. The number of aliphatic imine (C=N–C) groups is 1. The van der Waals surface area contributed by atoms with Crippen molar-refractivity contribution in [1.29, 1.82) is 0 Å². The Bertz CT molecular complexity index is 1100. The van der Waals surface area contributed by atoms with Crippen LogP contribution in [0.15, 0.2) is 40.2 Å². The first-order chi connectivity index (χ1) is 13.3. The molecule has 0 bridgehead atoms. The van der Waals surface area contributed by atoms with E-state index < -0.39 is 9.84 Å². The van der Waals surface area contributed by atoms with Crippen LogP contribution in [-0.4, -0.2) is 40.8 Å². The largest absolute Gasteiger partial charge is 0.300 e. The minimum Gasteiger partial charge on any atom is -0.300 e. The number of rotatable bonds is 3. The number of hydrogen-bond acceptors (Lipinski definition) is 6. The Labute approximate surface area is 167 Å². The van der Waals surface area contributed by atoms with Crippen molar-refractivity contribution in [1.82, 2.24) is 15.1 Å². The maximum atomic E-state index is 12.4. The van der Waals surface area contributed by atoms with E-state index in [1.807, 2.05) is 50.3 Å². The zero-order valence-corrected chi connectivity index (χ0v) is 17.2. The van der Waals surface area contributed by atoms with Gasteiger partial charge in [-0.1, -0.05) is 18.2 Å². The topological polar surface area (TPSA) is 93.4 Å². The van der Waals surface area contributed by atoms with Crippen molar-refractivity contribution in [2.75, 3.05) is 11.5 Å². The van der Waals surface area contributed by atoms with Crippen molar-refractivity contribution in [3.8, 4) is 0 Å². The average Bonchev–Trinajstić information content (AvgIpc) is 3.27. The van der Waals surface area contributed by atoms with E-state index in [-0.39, 0.29) is 23.5 Å². The molecule has 146 valence electrons. The van der Waals surface area contributed by atoms with Gasteiger partial charge in [-0.25, -0.2) is 13.4 Å². The number of sulfone groups is 1. The van der Waals surface area contributed by atoms with E-state index in [1.54, 1.807) is 4.68 Å². The Balaban J connectivity index is 1.61. The number of amides is 1. The summed E-state index contributed by atoms with van der Waals surface area (Å²) in [7, 11) is -2.99. The molecular formula is C19H20N4O3S2. The Hall–Kier alpha value is -2.39. The van der Waals surface area contributed by atoms with Crippen molar-refractivity contribution >= 4 is 44.4 Å². The molecular weight excluding hydrogens is 396 g/mol. The summed E-state index contributed by atoms with van der Waals surface area (Å²) in [5.41, 5.74) is 3.27. The molecule has 2 saturated heterocycles. The van der Waals surface area contributed by atoms with Crippen molar-refractivity contribution in [2.45, 2.75) is 26.3 Å². The van der Waals surface area contributed by atoms with Crippen LogP contribution in [0.5, 0.6) is 0 Å². The first-order valence-electron chi connectivity index (χ1n) is 8.93. The summed E-state index contributed by atoms with van der Waals surface area (Å²) in [6.07, 6.45) is 2.38. The Morgan fingerprint density at radius 2 is 2.04 bits per heavy atom. The van der Waals surface area contributed by atoms with Gasteiger partial charge in [0.15, 0.2) is 15.0 Å². The van der Waals surface area contributed by atoms with E-state index in [2.05, 4.69) is 15.4 Å². The number of hydrogen-bond donors (Lipinski definition) is 1. The Kier molecular flexibility index (Phi) is 4.88. The molecule has 2 aliphatic rings. The summed E-state index contributed by atoms with van der Waals surface area (Å²) >= 11 is 1.28. The summed E-state index contributed by atoms with van der Waals surface area (Å²) in [5, 5.41) is 7.87. The van der Waals surface area contributed by atoms with E-state index in [4.69, 9.17) is 0 Å². The number of amidine groups is 1. The Morgan fingerprint density at radius 1 is 1.29 bits per heavy atom. The van der Waals surface area contributed by atoms with Gasteiger partial charge in [0.05, 0.1) is 33.8 Å². The van der Waals surface area contributed by atoms with Crippen molar-refractivity contribution < 1.29 is 13.2 Å². The molecule has 3 heterocycles. The van der Waals surface area contributed by atoms with Gasteiger partial charge < -0.3 is 5.32 Å². The second-order valence-electron chi connectivity index (χ2n) is 6.90. The number of nitrogens with one attached hydrogen (secondary N) is 1. The zero-order chi connectivity index (χ0) is 19.9. The third-order valence-corrected chi connectivity index (χ3v) is 7.51. The van der Waals surface area contributed by atoms with Gasteiger partial charge in [-0.15, -0.1) is 0 Å². The predicted octanol–water partition coefficient (Wildman–Crippen LogP) is 2.75. The van der Waals surface area contributed by atoms with Gasteiger partial charge >= 0.3 is 0 Å². The smallest absolute Gasteiger partial charge is 0.264 e. The monoisotopic (exact) mass is 416 g/mol. The van der Waals surface area contributed by atoms with Crippen molar-refractivity contribution in [2.24, 2.45) is 4.99 Å². The number of thioether (sulfide) groups is 1. The molecule has 1 aromatic carbocycles. The number of para-hydroxylation sites is 1. The molecule has 0 radical (unpaired) electrons. The lowest BCUT2D eigenvalue weighted by Crippen LogP contribution is -2.19. The summed E-state index contributed by atoms with van der Waals surface area (Å²) < 4.78 is 25.4. The SMILES string of the molecule is Cc1nn([C@H]2CCS(=O)(=O)C2)c(C)c1/C=C1\SC(=Nc2ccccc2)NC1=O. The van der Waals surface area contributed by atoms with Gasteiger partial charge in [-0.3, -0.25) is 9.48 Å². The molecule has 0 saturated carbocycles. The van der Waals surface area contributed by atoms with Gasteiger partial charge in [0.25, 0.3) is 5.91 Å². The minimum atomic E-state index is -2.99. The zero-order valence-electron chi connectivity index (χ0n) is 15.5. The number of carbonyl (C=O) groups is 1. The van der Waals surface area contributed by atoms with E-state index in [0.29, 0.717) is 16.5 Å². The fourth-order valence-corrected chi connectivity index (χ4v) is 5.96. The highest BCUT2D eigenvalue weighted by Crippen LogP contribution is 2.31. The first kappa shape index (κ1) is 18.9. The molecule has 1 atom stereocenters. The predicted molar refractivity (Wildman–Crippen MR) is 111 cm³/mol. The molecule has 1 aromatic heterocycles. The third kappa shape index (κ3) is 3.77. The summed E-state index contributed by atoms with van der Waals surface area (Å²) in [6, 6.07) is 9.29. The lowest BCUT2D eigenvalue weighted by molar-refractivity contribution is -0.115. The van der Waals surface area contributed by atoms with E-state index in [1.165, 1.54) is 11.8 Å². The van der Waals surface area contributed by atoms with Crippen LogP contribution < -0.4 is 5.32 Å². The molecule has 9 heteroatoms. The molecule has 7 nitrogen and oxygen atoms in total. The van der Waals surface area contributed by atoms with E-state index in [0.717, 1.165) is 22.6 Å². The van der Waals surface area contributed by atoms with Crippen molar-refractivity contribution in [3.05, 3.63) is 52.2 Å². The minimum absolute atomic E-state index is 0.119. The fraction of sp³-hybridized carbons (Fsp3) is 0.316. The molecule has 2 aromatic rings. The number of nitrogens with zero attached hydrogens (tertiary/aromatic N) is 3. The van der Waals surface area contributed by atoms with Crippen LogP contribution in [-0.2, 0) is 14.6 Å². The van der Waals surface area contributed by atoms with Crippen LogP contribution in [0.25, 0.3) is 6.08 Å². The Morgan fingerprint density at radius 3 is 2.71 bits per heavy atom. The maximum Gasteiger partial charge on any atom is 0.264 e. The standard InChI is InChI=1S/C19H20N4O3S2/c1-12-16(13(2)23(22-12)15-8-9-28(25,26)11-15)10-17-18(24)21-19(27-17)20-14-6-4-3-5-7-14/h3-7,10,15H,8-9,11H2,1-2H3,(H,20,21,24)/b17-10-/t15-/m0/s1. The van der Waals surface area contributed by atoms with Gasteiger partial charge in [-0.05, 0) is 50.2 Å². The third-order valence-electron chi connectivity index (χ3n) is 4.85. The van der Waals surface area contributed by atoms with Crippen LogP contribution in [0.2, 0.25) is 0 Å². The maximum absolute atomic E-state index is 12.4. The van der Waals surface area contributed by atoms with Gasteiger partial charge in [-0.2, -0.15) is 5.10 Å². The highest BCUT2D eigenvalue weighted by Gasteiger charge is 2.32. The summed E-state index contributed by atoms with van der Waals surface area (Å²) in [6.45, 7) is 3.78. The normalized spacial score (nSPS) is 24.2. The first-order valence-corrected chi connectivity index (χ1v) is 11.6. The second kappa shape index (κ2) is 7.21. The number of benzene rings is 1. The van der Waals surface area contributed by atoms with E-state index in [9.17, 15) is 13.2 Å².